The minimum atomic E-state index is -2.43. The Bertz CT molecular complexity index is 550. The van der Waals surface area contributed by atoms with Crippen LogP contribution in [0.1, 0.15) is 40.0 Å². The molecule has 14 nitrogen and oxygen atoms in total. The van der Waals surface area contributed by atoms with Crippen LogP contribution in [-0.2, 0) is 35.4 Å². The van der Waals surface area contributed by atoms with E-state index in [1.54, 1.807) is 35.5 Å². The molecule has 17 heteroatoms. The van der Waals surface area contributed by atoms with E-state index in [1.165, 1.54) is 0 Å². The summed E-state index contributed by atoms with van der Waals surface area (Å²) in [5.41, 5.74) is 16.1. The van der Waals surface area contributed by atoms with Gasteiger partial charge in [-0.15, -0.1) is 0 Å². The molecule has 0 spiro atoms. The van der Waals surface area contributed by atoms with Crippen molar-refractivity contribution in [2.75, 3.05) is 114 Å². The quantitative estimate of drug-likeness (QED) is 0.0483. The second kappa shape index (κ2) is 34.4. The van der Waals surface area contributed by atoms with Crippen LogP contribution in [0, 0.1) is 0 Å². The van der Waals surface area contributed by atoms with Gasteiger partial charge in [0.15, 0.2) is 0 Å². The molecule has 0 heterocycles. The van der Waals surface area contributed by atoms with Crippen molar-refractivity contribution in [1.82, 2.24) is 16.0 Å². The molecule has 0 bridgehead atoms. The van der Waals surface area contributed by atoms with E-state index in [2.05, 4.69) is 22.5 Å². The Balaban J connectivity index is -0.000000579. The van der Waals surface area contributed by atoms with E-state index in [4.69, 9.17) is 52.6 Å². The molecular weight excluding hydrogens is 621 g/mol. The Hall–Kier alpha value is 0.0906. The van der Waals surface area contributed by atoms with Gasteiger partial charge in [0.1, 0.15) is 0 Å². The predicted molar refractivity (Wildman–Crippen MR) is 187 cm³/mol. The van der Waals surface area contributed by atoms with Crippen LogP contribution >= 0.6 is 0 Å². The molecule has 0 atom stereocenters. The summed E-state index contributed by atoms with van der Waals surface area (Å²) < 4.78 is 43.8. The summed E-state index contributed by atoms with van der Waals surface area (Å²) in [6, 6.07) is 2.71. The van der Waals surface area contributed by atoms with Crippen LogP contribution in [0.3, 0.4) is 0 Å². The van der Waals surface area contributed by atoms with E-state index < -0.39 is 26.2 Å². The van der Waals surface area contributed by atoms with Crippen molar-refractivity contribution >= 4 is 26.2 Å². The largest absolute Gasteiger partial charge is 0.500 e. The number of rotatable bonds is 29. The molecule has 0 aromatic carbocycles. The second-order valence-electron chi connectivity index (χ2n) is 9.75. The lowest BCUT2D eigenvalue weighted by Gasteiger charge is -2.28. The van der Waals surface area contributed by atoms with Gasteiger partial charge in [0.25, 0.3) is 0 Å². The topological polar surface area (TPSA) is 188 Å². The first kappa shape index (κ1) is 48.5. The SMILES string of the molecule is CCO[Si](CCCNCCN)(OCC)OCC.CO[Si](C)(CCCNCCN)OC.CO[Si](CCCNCCN)(OC)OC. The zero-order valence-electron chi connectivity index (χ0n) is 29.7. The van der Waals surface area contributed by atoms with Gasteiger partial charge < -0.3 is 68.6 Å². The van der Waals surface area contributed by atoms with Crippen molar-refractivity contribution in [2.24, 2.45) is 17.2 Å². The van der Waals surface area contributed by atoms with Crippen LogP contribution in [0.25, 0.3) is 0 Å². The lowest BCUT2D eigenvalue weighted by Crippen LogP contribution is -2.46. The Morgan fingerprint density at radius 1 is 0.455 bits per heavy atom. The number of nitrogens with one attached hydrogen (secondary N) is 3. The first-order valence-corrected chi connectivity index (χ1v) is 22.5. The third kappa shape index (κ3) is 27.2. The van der Waals surface area contributed by atoms with Crippen molar-refractivity contribution in [1.29, 1.82) is 0 Å². The van der Waals surface area contributed by atoms with Crippen LogP contribution in [0.15, 0.2) is 0 Å². The highest BCUT2D eigenvalue weighted by Gasteiger charge is 2.39. The average Bonchev–Trinajstić information content (AvgIpc) is 3.04. The highest BCUT2D eigenvalue weighted by molar-refractivity contribution is 6.65. The highest BCUT2D eigenvalue weighted by atomic mass is 28.4. The second-order valence-corrected chi connectivity index (χ2v) is 19.2. The van der Waals surface area contributed by atoms with Gasteiger partial charge >= 0.3 is 26.2 Å². The first-order valence-electron chi connectivity index (χ1n) is 16.1. The average molecular weight is 693 g/mol. The Labute approximate surface area is 273 Å². The van der Waals surface area contributed by atoms with E-state index in [0.29, 0.717) is 39.5 Å². The van der Waals surface area contributed by atoms with Crippen LogP contribution in [0.4, 0.5) is 0 Å². The summed E-state index contributed by atoms with van der Waals surface area (Å²) >= 11 is 0. The molecule has 0 aliphatic carbocycles. The van der Waals surface area contributed by atoms with E-state index in [-0.39, 0.29) is 0 Å². The molecular formula is C27H72N6O8Si3. The lowest BCUT2D eigenvalue weighted by molar-refractivity contribution is 0.0708. The smallest absolute Gasteiger partial charge is 0.398 e. The van der Waals surface area contributed by atoms with Crippen LogP contribution < -0.4 is 33.2 Å². The summed E-state index contributed by atoms with van der Waals surface area (Å²) in [7, 11) is 1.74. The van der Waals surface area contributed by atoms with Gasteiger partial charge in [-0.25, -0.2) is 0 Å². The molecule has 0 aromatic heterocycles. The highest BCUT2D eigenvalue weighted by Crippen LogP contribution is 2.18. The minimum Gasteiger partial charge on any atom is -0.398 e. The van der Waals surface area contributed by atoms with Crippen molar-refractivity contribution < 1.29 is 35.4 Å². The molecule has 0 saturated heterocycles. The maximum atomic E-state index is 5.76. The van der Waals surface area contributed by atoms with Gasteiger partial charge in [-0.1, -0.05) is 0 Å². The van der Waals surface area contributed by atoms with Gasteiger partial charge in [0, 0.05) is 107 Å². The van der Waals surface area contributed by atoms with Crippen molar-refractivity contribution in [2.45, 2.75) is 64.7 Å². The van der Waals surface area contributed by atoms with E-state index in [1.807, 2.05) is 20.8 Å². The number of hydrogen-bond donors (Lipinski definition) is 6. The molecule has 0 fully saturated rings. The first-order chi connectivity index (χ1) is 21.2. The predicted octanol–water partition coefficient (Wildman–Crippen LogP) is 1.07. The monoisotopic (exact) mass is 692 g/mol. The normalized spacial score (nSPS) is 12.0. The molecule has 0 saturated carbocycles. The molecule has 0 aliphatic heterocycles. The molecule has 0 amide bonds. The molecule has 0 aromatic rings. The molecule has 9 N–H and O–H groups in total. The number of hydrogen-bond acceptors (Lipinski definition) is 14. The van der Waals surface area contributed by atoms with Crippen LogP contribution in [-0.4, -0.2) is 140 Å². The van der Waals surface area contributed by atoms with Crippen molar-refractivity contribution in [3.05, 3.63) is 0 Å². The molecule has 0 rings (SSSR count). The maximum Gasteiger partial charge on any atom is 0.500 e. The van der Waals surface area contributed by atoms with E-state index >= 15 is 0 Å². The van der Waals surface area contributed by atoms with Crippen molar-refractivity contribution in [3.8, 4) is 0 Å². The van der Waals surface area contributed by atoms with E-state index in [0.717, 1.165) is 76.7 Å². The summed E-state index contributed by atoms with van der Waals surface area (Å²) in [6.07, 6.45) is 3.05. The fourth-order valence-electron chi connectivity index (χ4n) is 3.92. The van der Waals surface area contributed by atoms with Gasteiger partial charge in [0.05, 0.1) is 0 Å². The standard InChI is InChI=1S/C11H28N2O3Si.C8H22N2O3Si.C8H22N2O2Si/c1-4-14-17(15-5-2,16-6-3)11-7-9-13-10-8-12;1-11-14(12-2,13-3)8-4-6-10-7-5-9;1-11-13(3,12-2)8-4-6-10-7-5-9/h13H,4-12H2,1-3H3;10H,4-9H2,1-3H3;10H,4-9H2,1-3H3. The molecule has 44 heavy (non-hydrogen) atoms. The molecule has 0 aliphatic rings. The van der Waals surface area contributed by atoms with Gasteiger partial charge in [-0.3, -0.25) is 0 Å². The minimum absolute atomic E-state index is 0.641. The summed E-state index contributed by atoms with van der Waals surface area (Å²) in [5.74, 6) is 0. The van der Waals surface area contributed by atoms with Crippen LogP contribution in [0.5, 0.6) is 0 Å². The zero-order valence-corrected chi connectivity index (χ0v) is 32.7. The maximum absolute atomic E-state index is 5.76. The third-order valence-electron chi connectivity index (χ3n) is 6.51. The zero-order chi connectivity index (χ0) is 34.0. The molecule has 270 valence electrons. The Morgan fingerprint density at radius 2 is 0.773 bits per heavy atom. The van der Waals surface area contributed by atoms with Gasteiger partial charge in [0.2, 0.25) is 0 Å². The summed E-state index contributed by atoms with van der Waals surface area (Å²) in [4.78, 5) is 0. The fraction of sp³-hybridized carbons (Fsp3) is 1.00. The third-order valence-corrected chi connectivity index (χ3v) is 15.5. The Kier molecular flexibility index (Phi) is 37.9. The van der Waals surface area contributed by atoms with E-state index in [9.17, 15) is 0 Å². The summed E-state index contributed by atoms with van der Waals surface area (Å²) in [6.45, 7) is 17.4. The van der Waals surface area contributed by atoms with Crippen LogP contribution in [0.2, 0.25) is 24.7 Å². The molecule has 0 radical (unpaired) electrons. The molecule has 0 unspecified atom stereocenters. The summed E-state index contributed by atoms with van der Waals surface area (Å²) in [5, 5.41) is 9.72. The Morgan fingerprint density at radius 3 is 1.05 bits per heavy atom. The fourth-order valence-corrected chi connectivity index (χ4v) is 9.65. The van der Waals surface area contributed by atoms with Gasteiger partial charge in [-0.05, 0) is 72.3 Å². The van der Waals surface area contributed by atoms with Gasteiger partial charge in [-0.2, -0.15) is 0 Å². The van der Waals surface area contributed by atoms with Crippen molar-refractivity contribution in [3.63, 3.8) is 0 Å². The number of nitrogens with two attached hydrogens (primary N) is 3. The lowest BCUT2D eigenvalue weighted by atomic mass is 10.5.